The molecule has 2 aliphatic heterocycles. The first-order valence-corrected chi connectivity index (χ1v) is 17.3. The number of esters is 1. The molecule has 0 radical (unpaired) electrons. The average Bonchev–Trinajstić information content (AvgIpc) is 2.98. The highest BCUT2D eigenvalue weighted by Crippen LogP contribution is 2.49. The highest BCUT2D eigenvalue weighted by Gasteiger charge is 2.65. The van der Waals surface area contributed by atoms with Crippen LogP contribution < -0.4 is 0 Å². The summed E-state index contributed by atoms with van der Waals surface area (Å²) in [4.78, 5) is 27.8. The molecule has 0 amide bonds. The molecule has 4 atom stereocenters. The highest BCUT2D eigenvalue weighted by molar-refractivity contribution is 8.00. The standard InChI is InChI=1S/C25H40O7SSi2/c1-15(2)34(16(3)4)30-21-20(26)25(33-19-13-11-10-12-14-19)29-23(24(27)28-9)22(21)31-35(32-34,17(5)6)18(7)8/h10-18,21-23,25H,1-9H3/t21-,22+,23+,25-/m1/s1. The molecule has 2 fully saturated rings. The molecule has 0 unspecified atom stereocenters. The van der Waals surface area contributed by atoms with E-state index in [1.54, 1.807) is 0 Å². The lowest BCUT2D eigenvalue weighted by molar-refractivity contribution is -0.183. The number of carbonyl (C=O) groups is 2. The van der Waals surface area contributed by atoms with Crippen molar-refractivity contribution in [3.63, 3.8) is 0 Å². The maximum absolute atomic E-state index is 13.9. The fraction of sp³-hybridized carbons (Fsp3) is 0.680. The van der Waals surface area contributed by atoms with Crippen molar-refractivity contribution in [3.8, 4) is 0 Å². The topological polar surface area (TPSA) is 80.3 Å². The molecule has 0 saturated carbocycles. The van der Waals surface area contributed by atoms with Crippen LogP contribution in [-0.2, 0) is 32.0 Å². The Labute approximate surface area is 216 Å². The molecule has 1 aromatic rings. The second-order valence-corrected chi connectivity index (χ2v) is 20.5. The first-order valence-electron chi connectivity index (χ1n) is 12.4. The van der Waals surface area contributed by atoms with Crippen LogP contribution in [-0.4, -0.2) is 59.7 Å². The number of thioether (sulfide) groups is 1. The summed E-state index contributed by atoms with van der Waals surface area (Å²) in [6, 6.07) is 9.52. The van der Waals surface area contributed by atoms with E-state index in [4.69, 9.17) is 22.4 Å². The fourth-order valence-electron chi connectivity index (χ4n) is 5.05. The molecule has 35 heavy (non-hydrogen) atoms. The van der Waals surface area contributed by atoms with Gasteiger partial charge in [0.2, 0.25) is 5.78 Å². The average molecular weight is 541 g/mol. The molecular weight excluding hydrogens is 501 g/mol. The molecule has 0 spiro atoms. The summed E-state index contributed by atoms with van der Waals surface area (Å²) in [6.07, 6.45) is -3.00. The van der Waals surface area contributed by atoms with Crippen molar-refractivity contribution in [1.29, 1.82) is 0 Å². The number of benzene rings is 1. The molecule has 3 rings (SSSR count). The predicted molar refractivity (Wildman–Crippen MR) is 141 cm³/mol. The van der Waals surface area contributed by atoms with Gasteiger partial charge in [0.15, 0.2) is 11.5 Å². The Morgan fingerprint density at radius 2 is 1.40 bits per heavy atom. The van der Waals surface area contributed by atoms with Gasteiger partial charge in [0.1, 0.15) is 12.2 Å². The third-order valence-corrected chi connectivity index (χ3v) is 18.3. The minimum atomic E-state index is -3.00. The van der Waals surface area contributed by atoms with Gasteiger partial charge in [-0.25, -0.2) is 4.79 Å². The zero-order chi connectivity index (χ0) is 26.1. The Morgan fingerprint density at radius 1 is 0.886 bits per heavy atom. The summed E-state index contributed by atoms with van der Waals surface area (Å²) in [5.74, 6) is -0.809. The second kappa shape index (κ2) is 11.2. The first-order chi connectivity index (χ1) is 16.4. The van der Waals surface area contributed by atoms with Gasteiger partial charge in [-0.05, 0) is 34.3 Å². The zero-order valence-corrected chi connectivity index (χ0v) is 25.1. The molecule has 0 bridgehead atoms. The molecule has 1 aromatic carbocycles. The highest BCUT2D eigenvalue weighted by atomic mass is 32.2. The van der Waals surface area contributed by atoms with Crippen LogP contribution >= 0.6 is 11.8 Å². The monoisotopic (exact) mass is 540 g/mol. The van der Waals surface area contributed by atoms with Gasteiger partial charge in [-0.15, -0.1) is 0 Å². The van der Waals surface area contributed by atoms with Crippen LogP contribution in [0.15, 0.2) is 35.2 Å². The van der Waals surface area contributed by atoms with Crippen molar-refractivity contribution in [1.82, 2.24) is 0 Å². The smallest absolute Gasteiger partial charge is 0.337 e. The maximum atomic E-state index is 13.9. The van der Waals surface area contributed by atoms with Crippen LogP contribution in [0.2, 0.25) is 22.2 Å². The lowest BCUT2D eigenvalue weighted by Gasteiger charge is -2.45. The van der Waals surface area contributed by atoms with Crippen molar-refractivity contribution in [2.45, 2.75) is 106 Å². The SMILES string of the molecule is COC(=O)[C@H]1O[C@H](Sc2ccccc2)C(=O)[C@H]2O[Si](C(C)C)(C(C)C)O[Si](C(C)C)(C(C)C)O[C@H]12. The fourth-order valence-corrected chi connectivity index (χ4v) is 17.3. The van der Waals surface area contributed by atoms with E-state index in [0.717, 1.165) is 4.90 Å². The summed E-state index contributed by atoms with van der Waals surface area (Å²) in [5, 5.41) is 0. The summed E-state index contributed by atoms with van der Waals surface area (Å²) >= 11 is 1.27. The molecule has 0 aromatic heterocycles. The van der Waals surface area contributed by atoms with Crippen LogP contribution in [0.1, 0.15) is 55.4 Å². The lowest BCUT2D eigenvalue weighted by atomic mass is 10.0. The Kier molecular flexibility index (Phi) is 9.11. The van der Waals surface area contributed by atoms with Gasteiger partial charge in [0, 0.05) is 4.90 Å². The van der Waals surface area contributed by atoms with Gasteiger partial charge in [-0.3, -0.25) is 4.79 Å². The quantitative estimate of drug-likeness (QED) is 0.328. The van der Waals surface area contributed by atoms with Gasteiger partial charge in [0.25, 0.3) is 0 Å². The third-order valence-electron chi connectivity index (χ3n) is 6.97. The van der Waals surface area contributed by atoms with E-state index in [0.29, 0.717) is 0 Å². The number of ketones is 1. The number of methoxy groups -OCH3 is 1. The van der Waals surface area contributed by atoms with Gasteiger partial charge in [-0.2, -0.15) is 0 Å². The second-order valence-electron chi connectivity index (χ2n) is 10.5. The van der Waals surface area contributed by atoms with Crippen LogP contribution in [0.4, 0.5) is 0 Å². The Morgan fingerprint density at radius 3 is 1.89 bits per heavy atom. The number of hydrogen-bond acceptors (Lipinski definition) is 8. The molecule has 7 nitrogen and oxygen atoms in total. The zero-order valence-electron chi connectivity index (χ0n) is 22.3. The van der Waals surface area contributed by atoms with E-state index in [-0.39, 0.29) is 27.9 Å². The molecule has 0 N–H and O–H groups in total. The summed E-state index contributed by atoms with van der Waals surface area (Å²) in [7, 11) is -4.67. The number of fused-ring (bicyclic) bond motifs is 1. The number of rotatable bonds is 7. The molecule has 196 valence electrons. The van der Waals surface area contributed by atoms with Crippen LogP contribution in [0.25, 0.3) is 0 Å². The number of Topliss-reactive ketones (excluding diaryl/α,β-unsaturated/α-hetero) is 1. The van der Waals surface area contributed by atoms with Crippen LogP contribution in [0.3, 0.4) is 0 Å². The summed E-state index contributed by atoms with van der Waals surface area (Å²) in [5.41, 5.74) is -0.647. The van der Waals surface area contributed by atoms with Gasteiger partial charge < -0.3 is 22.4 Å². The number of ether oxygens (including phenoxy) is 2. The number of carbonyl (C=O) groups excluding carboxylic acids is 2. The van der Waals surface area contributed by atoms with E-state index in [9.17, 15) is 9.59 Å². The van der Waals surface area contributed by atoms with Crippen LogP contribution in [0, 0.1) is 0 Å². The van der Waals surface area contributed by atoms with Gasteiger partial charge in [0.05, 0.1) is 7.11 Å². The first kappa shape index (κ1) is 28.6. The maximum Gasteiger partial charge on any atom is 0.337 e. The van der Waals surface area contributed by atoms with Crippen molar-refractivity contribution < 1.29 is 32.0 Å². The predicted octanol–water partition coefficient (Wildman–Crippen LogP) is 5.57. The molecule has 2 aliphatic rings. The van der Waals surface area contributed by atoms with Crippen molar-refractivity contribution in [2.75, 3.05) is 7.11 Å². The minimum absolute atomic E-state index is 0.0686. The molecular formula is C25H40O7SSi2. The van der Waals surface area contributed by atoms with E-state index in [1.165, 1.54) is 18.9 Å². The summed E-state index contributed by atoms with van der Waals surface area (Å²) < 4.78 is 32.1. The van der Waals surface area contributed by atoms with Crippen molar-refractivity contribution in [2.24, 2.45) is 0 Å². The Hall–Kier alpha value is -1.02. The molecule has 0 aliphatic carbocycles. The minimum Gasteiger partial charge on any atom is -0.467 e. The van der Waals surface area contributed by atoms with Gasteiger partial charge >= 0.3 is 23.1 Å². The third kappa shape index (κ3) is 5.34. The van der Waals surface area contributed by atoms with E-state index < -0.39 is 46.8 Å². The van der Waals surface area contributed by atoms with E-state index in [2.05, 4.69) is 55.4 Å². The summed E-state index contributed by atoms with van der Waals surface area (Å²) in [6.45, 7) is 16.8. The van der Waals surface area contributed by atoms with Crippen molar-refractivity contribution >= 4 is 40.6 Å². The lowest BCUT2D eigenvalue weighted by Crippen LogP contribution is -2.61. The normalized spacial score (nSPS) is 28.3. The van der Waals surface area contributed by atoms with Crippen LogP contribution in [0.5, 0.6) is 0 Å². The largest absolute Gasteiger partial charge is 0.467 e. The van der Waals surface area contributed by atoms with Gasteiger partial charge in [-0.1, -0.05) is 85.4 Å². The van der Waals surface area contributed by atoms with E-state index >= 15 is 0 Å². The number of hydrogen-bond donors (Lipinski definition) is 0. The molecule has 2 saturated heterocycles. The van der Waals surface area contributed by atoms with E-state index in [1.807, 2.05) is 30.3 Å². The molecule has 10 heteroatoms. The molecule has 2 heterocycles. The Bertz CT molecular complexity index is 877. The van der Waals surface area contributed by atoms with Crippen molar-refractivity contribution in [3.05, 3.63) is 30.3 Å². The Balaban J connectivity index is 2.16.